The molecule has 1 aromatic rings. The molecule has 21 heavy (non-hydrogen) atoms. The number of nitrogens with zero attached hydrogens (tertiary/aromatic N) is 1. The fourth-order valence-corrected chi connectivity index (χ4v) is 3.51. The van der Waals surface area contributed by atoms with E-state index in [0.717, 1.165) is 37.0 Å². The summed E-state index contributed by atoms with van der Waals surface area (Å²) in [6.07, 6.45) is 3.57. The van der Waals surface area contributed by atoms with E-state index in [4.69, 9.17) is 5.73 Å². The summed E-state index contributed by atoms with van der Waals surface area (Å²) in [5.74, 6) is 1.85. The van der Waals surface area contributed by atoms with E-state index in [1.807, 2.05) is 6.07 Å². The third-order valence-corrected chi connectivity index (χ3v) is 5.03. The van der Waals surface area contributed by atoms with Crippen molar-refractivity contribution in [3.8, 4) is 0 Å². The molecular formula is C18H29FN2. The van der Waals surface area contributed by atoms with Crippen LogP contribution in [0.25, 0.3) is 0 Å². The Kier molecular flexibility index (Phi) is 5.63. The van der Waals surface area contributed by atoms with Gasteiger partial charge in [0.1, 0.15) is 5.82 Å². The number of rotatable bonds is 5. The molecule has 1 aromatic carbocycles. The summed E-state index contributed by atoms with van der Waals surface area (Å²) in [4.78, 5) is 2.26. The zero-order chi connectivity index (χ0) is 15.4. The molecule has 1 aliphatic carbocycles. The van der Waals surface area contributed by atoms with Gasteiger partial charge in [-0.05, 0) is 62.1 Å². The summed E-state index contributed by atoms with van der Waals surface area (Å²) < 4.78 is 13.4. The first-order valence-electron chi connectivity index (χ1n) is 8.27. The van der Waals surface area contributed by atoms with E-state index in [2.05, 4.69) is 25.7 Å². The van der Waals surface area contributed by atoms with Crippen LogP contribution in [0.3, 0.4) is 0 Å². The average Bonchev–Trinajstić information content (AvgIpc) is 2.46. The van der Waals surface area contributed by atoms with Gasteiger partial charge in [-0.15, -0.1) is 0 Å². The van der Waals surface area contributed by atoms with Gasteiger partial charge < -0.3 is 10.6 Å². The Morgan fingerprint density at radius 1 is 1.33 bits per heavy atom. The van der Waals surface area contributed by atoms with Crippen molar-refractivity contribution in [3.05, 3.63) is 30.1 Å². The second kappa shape index (κ2) is 7.26. The van der Waals surface area contributed by atoms with Gasteiger partial charge in [-0.2, -0.15) is 0 Å². The van der Waals surface area contributed by atoms with Gasteiger partial charge in [-0.1, -0.05) is 19.9 Å². The van der Waals surface area contributed by atoms with E-state index in [1.54, 1.807) is 12.1 Å². The van der Waals surface area contributed by atoms with Crippen LogP contribution in [0.4, 0.5) is 10.1 Å². The zero-order valence-corrected chi connectivity index (χ0v) is 13.6. The molecular weight excluding hydrogens is 263 g/mol. The van der Waals surface area contributed by atoms with Crippen LogP contribution in [0.1, 0.15) is 40.0 Å². The Bertz CT molecular complexity index is 447. The van der Waals surface area contributed by atoms with Gasteiger partial charge in [0.2, 0.25) is 0 Å². The summed E-state index contributed by atoms with van der Waals surface area (Å²) in [7, 11) is 0. The molecule has 3 heteroatoms. The smallest absolute Gasteiger partial charge is 0.125 e. The fourth-order valence-electron chi connectivity index (χ4n) is 3.51. The zero-order valence-electron chi connectivity index (χ0n) is 13.6. The highest BCUT2D eigenvalue weighted by molar-refractivity contribution is 5.46. The second-order valence-corrected chi connectivity index (χ2v) is 6.76. The molecule has 0 aliphatic heterocycles. The Balaban J connectivity index is 2.06. The average molecular weight is 292 g/mol. The molecule has 0 radical (unpaired) electrons. The Morgan fingerprint density at radius 3 is 2.71 bits per heavy atom. The molecule has 2 N–H and O–H groups in total. The highest BCUT2D eigenvalue weighted by Gasteiger charge is 2.30. The lowest BCUT2D eigenvalue weighted by Gasteiger charge is -2.39. The lowest BCUT2D eigenvalue weighted by atomic mass is 9.73. The van der Waals surface area contributed by atoms with Crippen LogP contribution in [0.2, 0.25) is 0 Å². The number of hydrogen-bond donors (Lipinski definition) is 1. The highest BCUT2D eigenvalue weighted by Crippen LogP contribution is 2.34. The monoisotopic (exact) mass is 292 g/mol. The minimum absolute atomic E-state index is 0.168. The predicted octanol–water partition coefficient (Wildman–Crippen LogP) is 4.05. The van der Waals surface area contributed by atoms with Crippen LogP contribution in [-0.4, -0.2) is 19.1 Å². The van der Waals surface area contributed by atoms with Crippen molar-refractivity contribution in [2.24, 2.45) is 23.5 Å². The third-order valence-electron chi connectivity index (χ3n) is 5.03. The topological polar surface area (TPSA) is 29.3 Å². The van der Waals surface area contributed by atoms with Crippen molar-refractivity contribution >= 4 is 5.69 Å². The van der Waals surface area contributed by atoms with Crippen LogP contribution < -0.4 is 10.6 Å². The van der Waals surface area contributed by atoms with E-state index < -0.39 is 0 Å². The van der Waals surface area contributed by atoms with Crippen molar-refractivity contribution in [2.75, 3.05) is 18.0 Å². The van der Waals surface area contributed by atoms with Crippen LogP contribution in [0.15, 0.2) is 24.3 Å². The van der Waals surface area contributed by atoms with Crippen LogP contribution in [-0.2, 0) is 0 Å². The number of benzene rings is 1. The van der Waals surface area contributed by atoms with Gasteiger partial charge in [-0.3, -0.25) is 0 Å². The minimum atomic E-state index is -0.168. The van der Waals surface area contributed by atoms with Gasteiger partial charge in [0.25, 0.3) is 0 Å². The molecule has 3 unspecified atom stereocenters. The molecule has 0 bridgehead atoms. The summed E-state index contributed by atoms with van der Waals surface area (Å²) in [5.41, 5.74) is 7.32. The largest absolute Gasteiger partial charge is 0.371 e. The van der Waals surface area contributed by atoms with E-state index in [0.29, 0.717) is 5.92 Å². The molecule has 3 atom stereocenters. The molecule has 118 valence electrons. The minimum Gasteiger partial charge on any atom is -0.371 e. The SMILES string of the molecule is CCN(CC1CC(C(C)C)CCC1N)c1cccc(F)c1. The van der Waals surface area contributed by atoms with Gasteiger partial charge in [0, 0.05) is 24.8 Å². The van der Waals surface area contributed by atoms with Gasteiger partial charge in [-0.25, -0.2) is 4.39 Å². The second-order valence-electron chi connectivity index (χ2n) is 6.76. The maximum atomic E-state index is 13.4. The summed E-state index contributed by atoms with van der Waals surface area (Å²) >= 11 is 0. The first-order valence-corrected chi connectivity index (χ1v) is 8.27. The predicted molar refractivity (Wildman–Crippen MR) is 87.9 cm³/mol. The van der Waals surface area contributed by atoms with Crippen LogP contribution in [0.5, 0.6) is 0 Å². The maximum absolute atomic E-state index is 13.4. The van der Waals surface area contributed by atoms with E-state index in [-0.39, 0.29) is 11.9 Å². The number of anilines is 1. The lowest BCUT2D eigenvalue weighted by molar-refractivity contribution is 0.192. The molecule has 0 amide bonds. The van der Waals surface area contributed by atoms with E-state index in [1.165, 1.54) is 18.9 Å². The van der Waals surface area contributed by atoms with Crippen molar-refractivity contribution < 1.29 is 4.39 Å². The van der Waals surface area contributed by atoms with Crippen molar-refractivity contribution in [1.82, 2.24) is 0 Å². The van der Waals surface area contributed by atoms with E-state index >= 15 is 0 Å². The van der Waals surface area contributed by atoms with Crippen molar-refractivity contribution in [2.45, 2.75) is 46.1 Å². The Labute approximate surface area is 128 Å². The molecule has 0 saturated heterocycles. The molecule has 1 fully saturated rings. The standard InChI is InChI=1S/C18H29FN2/c1-4-21(17-7-5-6-16(19)11-17)12-15-10-14(13(2)3)8-9-18(15)20/h5-7,11,13-15,18H,4,8-10,12,20H2,1-3H3. The van der Waals surface area contributed by atoms with E-state index in [9.17, 15) is 4.39 Å². The normalized spacial score (nSPS) is 26.1. The summed E-state index contributed by atoms with van der Waals surface area (Å²) in [5, 5.41) is 0. The fraction of sp³-hybridized carbons (Fsp3) is 0.667. The molecule has 1 aliphatic rings. The van der Waals surface area contributed by atoms with Gasteiger partial charge >= 0.3 is 0 Å². The van der Waals surface area contributed by atoms with Gasteiger partial charge in [0.05, 0.1) is 0 Å². The molecule has 0 aromatic heterocycles. The Hall–Kier alpha value is -1.09. The molecule has 2 nitrogen and oxygen atoms in total. The highest BCUT2D eigenvalue weighted by atomic mass is 19.1. The number of nitrogens with two attached hydrogens (primary N) is 1. The molecule has 1 saturated carbocycles. The lowest BCUT2D eigenvalue weighted by Crippen LogP contribution is -2.44. The molecule has 0 spiro atoms. The first-order chi connectivity index (χ1) is 10.0. The number of hydrogen-bond acceptors (Lipinski definition) is 2. The first kappa shape index (κ1) is 16.3. The Morgan fingerprint density at radius 2 is 2.10 bits per heavy atom. The molecule has 0 heterocycles. The summed E-state index contributed by atoms with van der Waals surface area (Å²) in [6, 6.07) is 7.17. The van der Waals surface area contributed by atoms with Crippen molar-refractivity contribution in [3.63, 3.8) is 0 Å². The van der Waals surface area contributed by atoms with Crippen molar-refractivity contribution in [1.29, 1.82) is 0 Å². The number of halogens is 1. The summed E-state index contributed by atoms with van der Waals surface area (Å²) in [6.45, 7) is 8.56. The van der Waals surface area contributed by atoms with Gasteiger partial charge in [0.15, 0.2) is 0 Å². The quantitative estimate of drug-likeness (QED) is 0.887. The molecule has 2 rings (SSSR count). The van der Waals surface area contributed by atoms with Crippen LogP contribution >= 0.6 is 0 Å². The third kappa shape index (κ3) is 4.19. The van der Waals surface area contributed by atoms with Crippen LogP contribution in [0, 0.1) is 23.6 Å². The maximum Gasteiger partial charge on any atom is 0.125 e.